The summed E-state index contributed by atoms with van der Waals surface area (Å²) in [6.07, 6.45) is 1.86. The minimum atomic E-state index is -0.823. The van der Waals surface area contributed by atoms with Crippen LogP contribution >= 0.6 is 0 Å². The molecular formula is C18H19NO2. The topological polar surface area (TPSA) is 49.7 Å². The number of rotatable bonds is 5. The summed E-state index contributed by atoms with van der Waals surface area (Å²) in [5, 5.41) is 8.72. The van der Waals surface area contributed by atoms with Gasteiger partial charge in [-0.05, 0) is 34.7 Å². The van der Waals surface area contributed by atoms with Crippen molar-refractivity contribution in [2.75, 3.05) is 0 Å². The number of hydrogen-bond acceptors (Lipinski definition) is 2. The molecule has 0 bridgehead atoms. The summed E-state index contributed by atoms with van der Waals surface area (Å²) in [5.41, 5.74) is 3.96. The third-order valence-corrected chi connectivity index (χ3v) is 3.26. The zero-order chi connectivity index (χ0) is 15.2. The van der Waals surface area contributed by atoms with Gasteiger partial charge in [-0.15, -0.1) is 0 Å². The van der Waals surface area contributed by atoms with E-state index in [4.69, 9.17) is 5.11 Å². The van der Waals surface area contributed by atoms with Crippen LogP contribution in [0.3, 0.4) is 0 Å². The van der Waals surface area contributed by atoms with Crippen molar-refractivity contribution in [3.05, 3.63) is 65.2 Å². The zero-order valence-corrected chi connectivity index (χ0v) is 12.3. The molecule has 0 aliphatic carbocycles. The second-order valence-electron chi connectivity index (χ2n) is 5.32. The number of carbonyl (C=O) groups is 1. The van der Waals surface area contributed by atoms with Crippen LogP contribution in [0.2, 0.25) is 0 Å². The molecular weight excluding hydrogens is 262 g/mol. The van der Waals surface area contributed by atoms with E-state index < -0.39 is 5.97 Å². The van der Waals surface area contributed by atoms with Gasteiger partial charge in [-0.3, -0.25) is 9.79 Å². The van der Waals surface area contributed by atoms with Crippen molar-refractivity contribution in [1.82, 2.24) is 0 Å². The van der Waals surface area contributed by atoms with Crippen molar-refractivity contribution >= 4 is 17.9 Å². The molecule has 3 heteroatoms. The highest BCUT2D eigenvalue weighted by Gasteiger charge is 2.00. The fourth-order valence-corrected chi connectivity index (χ4v) is 1.99. The van der Waals surface area contributed by atoms with Crippen molar-refractivity contribution in [2.45, 2.75) is 26.2 Å². The lowest BCUT2D eigenvalue weighted by Gasteiger charge is -2.04. The molecule has 0 amide bonds. The van der Waals surface area contributed by atoms with Crippen LogP contribution in [-0.2, 0) is 11.2 Å². The number of nitrogens with zero attached hydrogens (tertiary/aromatic N) is 1. The maximum absolute atomic E-state index is 10.6. The quantitative estimate of drug-likeness (QED) is 0.835. The molecule has 0 aliphatic rings. The Hall–Kier alpha value is -2.42. The van der Waals surface area contributed by atoms with Crippen molar-refractivity contribution in [1.29, 1.82) is 0 Å². The van der Waals surface area contributed by atoms with Gasteiger partial charge in [0.2, 0.25) is 0 Å². The molecule has 21 heavy (non-hydrogen) atoms. The SMILES string of the molecule is CC(C)c1ccc(/C=N/c2ccc(CC(=O)O)cc2)cc1. The molecule has 1 N–H and O–H groups in total. The highest BCUT2D eigenvalue weighted by Crippen LogP contribution is 2.16. The van der Waals surface area contributed by atoms with Gasteiger partial charge < -0.3 is 5.11 Å². The average molecular weight is 281 g/mol. The Balaban J connectivity index is 2.05. The summed E-state index contributed by atoms with van der Waals surface area (Å²) in [4.78, 5) is 15.0. The molecule has 2 aromatic carbocycles. The molecule has 0 saturated carbocycles. The summed E-state index contributed by atoms with van der Waals surface area (Å²) in [5.74, 6) is -0.297. The van der Waals surface area contributed by atoms with Crippen molar-refractivity contribution in [3.63, 3.8) is 0 Å². The van der Waals surface area contributed by atoms with E-state index in [1.54, 1.807) is 12.1 Å². The maximum Gasteiger partial charge on any atom is 0.307 e. The van der Waals surface area contributed by atoms with Gasteiger partial charge in [-0.25, -0.2) is 0 Å². The molecule has 0 fully saturated rings. The molecule has 0 atom stereocenters. The van der Waals surface area contributed by atoms with Gasteiger partial charge in [0.15, 0.2) is 0 Å². The minimum absolute atomic E-state index is 0.0423. The van der Waals surface area contributed by atoms with E-state index >= 15 is 0 Å². The van der Waals surface area contributed by atoms with Crippen LogP contribution in [0, 0.1) is 0 Å². The van der Waals surface area contributed by atoms with E-state index in [0.29, 0.717) is 5.92 Å². The van der Waals surface area contributed by atoms with E-state index in [1.165, 1.54) is 5.56 Å². The van der Waals surface area contributed by atoms with Crippen LogP contribution < -0.4 is 0 Å². The number of aliphatic imine (C=N–C) groups is 1. The van der Waals surface area contributed by atoms with Crippen molar-refractivity contribution in [2.24, 2.45) is 4.99 Å². The van der Waals surface area contributed by atoms with E-state index in [0.717, 1.165) is 16.8 Å². The predicted octanol–water partition coefficient (Wildman–Crippen LogP) is 4.19. The Bertz CT molecular complexity index is 625. The standard InChI is InChI=1S/C18H19NO2/c1-13(2)16-7-3-15(4-8-16)12-19-17-9-5-14(6-10-17)11-18(20)21/h3-10,12-13H,11H2,1-2H3,(H,20,21)/b19-12+. The number of hydrogen-bond donors (Lipinski definition) is 1. The first-order valence-electron chi connectivity index (χ1n) is 6.99. The summed E-state index contributed by atoms with van der Waals surface area (Å²) < 4.78 is 0. The van der Waals surface area contributed by atoms with Gasteiger partial charge in [0.05, 0.1) is 12.1 Å². The molecule has 108 valence electrons. The van der Waals surface area contributed by atoms with Crippen molar-refractivity contribution in [3.8, 4) is 0 Å². The fraction of sp³-hybridized carbons (Fsp3) is 0.222. The zero-order valence-electron chi connectivity index (χ0n) is 12.3. The van der Waals surface area contributed by atoms with Gasteiger partial charge in [0.1, 0.15) is 0 Å². The van der Waals surface area contributed by atoms with Gasteiger partial charge in [0, 0.05) is 6.21 Å². The van der Waals surface area contributed by atoms with Gasteiger partial charge in [-0.1, -0.05) is 50.2 Å². The molecule has 0 heterocycles. The predicted molar refractivity (Wildman–Crippen MR) is 85.6 cm³/mol. The largest absolute Gasteiger partial charge is 0.481 e. The third kappa shape index (κ3) is 4.56. The molecule has 0 aromatic heterocycles. The summed E-state index contributed by atoms with van der Waals surface area (Å²) in [6.45, 7) is 4.34. The second kappa shape index (κ2) is 6.84. The maximum atomic E-state index is 10.6. The van der Waals surface area contributed by atoms with Crippen LogP contribution in [0.5, 0.6) is 0 Å². The smallest absolute Gasteiger partial charge is 0.307 e. The van der Waals surface area contributed by atoms with Crippen LogP contribution in [-0.4, -0.2) is 17.3 Å². The first-order valence-corrected chi connectivity index (χ1v) is 6.99. The van der Waals surface area contributed by atoms with Gasteiger partial charge in [-0.2, -0.15) is 0 Å². The monoisotopic (exact) mass is 281 g/mol. The first kappa shape index (κ1) is 15.0. The number of aliphatic carboxylic acids is 1. The Morgan fingerprint density at radius 3 is 2.24 bits per heavy atom. The van der Waals surface area contributed by atoms with Crippen LogP contribution in [0.4, 0.5) is 5.69 Å². The molecule has 0 unspecified atom stereocenters. The molecule has 0 aliphatic heterocycles. The highest BCUT2D eigenvalue weighted by atomic mass is 16.4. The molecule has 2 aromatic rings. The van der Waals surface area contributed by atoms with E-state index in [9.17, 15) is 4.79 Å². The Kier molecular flexibility index (Phi) is 4.88. The molecule has 0 radical (unpaired) electrons. The second-order valence-corrected chi connectivity index (χ2v) is 5.32. The van der Waals surface area contributed by atoms with Crippen LogP contribution in [0.1, 0.15) is 36.5 Å². The Morgan fingerprint density at radius 2 is 1.71 bits per heavy atom. The fourth-order valence-electron chi connectivity index (χ4n) is 1.99. The lowest BCUT2D eigenvalue weighted by molar-refractivity contribution is -0.136. The first-order chi connectivity index (χ1) is 10.0. The Morgan fingerprint density at radius 1 is 1.10 bits per heavy atom. The number of carboxylic acid groups (broad SMARTS) is 1. The van der Waals surface area contributed by atoms with Crippen molar-refractivity contribution < 1.29 is 9.90 Å². The minimum Gasteiger partial charge on any atom is -0.481 e. The molecule has 3 nitrogen and oxygen atoms in total. The van der Waals surface area contributed by atoms with Gasteiger partial charge in [0.25, 0.3) is 0 Å². The third-order valence-electron chi connectivity index (χ3n) is 3.26. The van der Waals surface area contributed by atoms with Crippen LogP contribution in [0.25, 0.3) is 0 Å². The molecule has 0 saturated heterocycles. The summed E-state index contributed by atoms with van der Waals surface area (Å²) in [6, 6.07) is 15.6. The van der Waals surface area contributed by atoms with Gasteiger partial charge >= 0.3 is 5.97 Å². The Labute approximate surface area is 125 Å². The lowest BCUT2D eigenvalue weighted by atomic mass is 10.0. The van der Waals surface area contributed by atoms with E-state index in [1.807, 2.05) is 18.3 Å². The molecule has 0 spiro atoms. The number of benzene rings is 2. The average Bonchev–Trinajstić information content (AvgIpc) is 2.46. The molecule has 2 rings (SSSR count). The normalized spacial score (nSPS) is 11.2. The van der Waals surface area contributed by atoms with E-state index in [2.05, 4.69) is 43.1 Å². The van der Waals surface area contributed by atoms with E-state index in [-0.39, 0.29) is 6.42 Å². The number of carboxylic acids is 1. The lowest BCUT2D eigenvalue weighted by Crippen LogP contribution is -1.99. The highest BCUT2D eigenvalue weighted by molar-refractivity contribution is 5.82. The summed E-state index contributed by atoms with van der Waals surface area (Å²) in [7, 11) is 0. The summed E-state index contributed by atoms with van der Waals surface area (Å²) >= 11 is 0. The van der Waals surface area contributed by atoms with Crippen LogP contribution in [0.15, 0.2) is 53.5 Å².